The van der Waals surface area contributed by atoms with E-state index in [0.717, 1.165) is 24.8 Å². The lowest BCUT2D eigenvalue weighted by atomic mass is 10.0. The maximum Gasteiger partial charge on any atom is 0.311 e. The molecule has 1 aromatic heterocycles. The molecule has 1 aromatic carbocycles. The van der Waals surface area contributed by atoms with Gasteiger partial charge in [-0.25, -0.2) is 9.97 Å². The molecule has 0 bridgehead atoms. The summed E-state index contributed by atoms with van der Waals surface area (Å²) in [6, 6.07) is 8.49. The van der Waals surface area contributed by atoms with E-state index in [0.29, 0.717) is 18.0 Å². The zero-order valence-corrected chi connectivity index (χ0v) is 20.3. The molecule has 1 heterocycles. The van der Waals surface area contributed by atoms with E-state index < -0.39 is 0 Å². The van der Waals surface area contributed by atoms with Gasteiger partial charge >= 0.3 is 5.97 Å². The number of rotatable bonds is 17. The quantitative estimate of drug-likeness (QED) is 0.185. The van der Waals surface area contributed by atoms with Crippen LogP contribution in [0, 0.1) is 0 Å². The molecular weight excluding hydrogens is 396 g/mol. The van der Waals surface area contributed by atoms with E-state index in [1.807, 2.05) is 0 Å². The van der Waals surface area contributed by atoms with E-state index in [9.17, 15) is 4.79 Å². The van der Waals surface area contributed by atoms with Gasteiger partial charge in [0.05, 0.1) is 12.4 Å². The van der Waals surface area contributed by atoms with E-state index >= 15 is 0 Å². The number of carbonyl (C=O) groups is 1. The van der Waals surface area contributed by atoms with Gasteiger partial charge in [-0.3, -0.25) is 4.79 Å². The lowest BCUT2D eigenvalue weighted by Crippen LogP contribution is -2.08. The van der Waals surface area contributed by atoms with Gasteiger partial charge < -0.3 is 4.74 Å². The molecule has 0 saturated carbocycles. The van der Waals surface area contributed by atoms with Crippen LogP contribution >= 0.6 is 0 Å². The number of carbonyl (C=O) groups excluding carboxylic acids is 1. The molecule has 0 amide bonds. The topological polar surface area (TPSA) is 52.1 Å². The Labute approximate surface area is 195 Å². The summed E-state index contributed by atoms with van der Waals surface area (Å²) in [4.78, 5) is 20.8. The molecule has 0 aliphatic carbocycles. The van der Waals surface area contributed by atoms with Crippen LogP contribution in [0.4, 0.5) is 0 Å². The lowest BCUT2D eigenvalue weighted by Gasteiger charge is -2.06. The molecule has 0 saturated heterocycles. The minimum Gasteiger partial charge on any atom is -0.423 e. The molecule has 0 aliphatic heterocycles. The first-order valence-corrected chi connectivity index (χ1v) is 12.8. The van der Waals surface area contributed by atoms with Crippen molar-refractivity contribution >= 4 is 5.97 Å². The SMILES string of the molecule is CCCCCCCCCC(=O)Oc1cnc(-c2ccc(CCCCCCCC)cc2)nc1. The van der Waals surface area contributed by atoms with Crippen molar-refractivity contribution in [1.29, 1.82) is 0 Å². The molecule has 0 atom stereocenters. The first kappa shape index (κ1) is 26.0. The Morgan fingerprint density at radius 2 is 1.25 bits per heavy atom. The number of ether oxygens (including phenoxy) is 1. The molecule has 0 fully saturated rings. The van der Waals surface area contributed by atoms with Crippen molar-refractivity contribution in [2.45, 2.75) is 110 Å². The largest absolute Gasteiger partial charge is 0.423 e. The summed E-state index contributed by atoms with van der Waals surface area (Å²) in [6.45, 7) is 4.48. The summed E-state index contributed by atoms with van der Waals surface area (Å²) >= 11 is 0. The zero-order chi connectivity index (χ0) is 22.9. The minimum atomic E-state index is -0.200. The monoisotopic (exact) mass is 438 g/mol. The van der Waals surface area contributed by atoms with Gasteiger partial charge in [-0.05, 0) is 24.8 Å². The van der Waals surface area contributed by atoms with Gasteiger partial charge in [0.15, 0.2) is 11.6 Å². The van der Waals surface area contributed by atoms with Gasteiger partial charge in [-0.15, -0.1) is 0 Å². The Morgan fingerprint density at radius 3 is 1.84 bits per heavy atom. The predicted octanol–water partition coefficient (Wildman–Crippen LogP) is 8.09. The van der Waals surface area contributed by atoms with Crippen LogP contribution in [0.5, 0.6) is 5.75 Å². The number of hydrogen-bond donors (Lipinski definition) is 0. The van der Waals surface area contributed by atoms with Crippen molar-refractivity contribution < 1.29 is 9.53 Å². The van der Waals surface area contributed by atoms with Gasteiger partial charge in [0.25, 0.3) is 0 Å². The second kappa shape index (κ2) is 16.4. The Balaban J connectivity index is 1.68. The van der Waals surface area contributed by atoms with Gasteiger partial charge in [0, 0.05) is 12.0 Å². The molecule has 2 rings (SSSR count). The molecule has 176 valence electrons. The average Bonchev–Trinajstić information content (AvgIpc) is 2.82. The van der Waals surface area contributed by atoms with E-state index in [1.54, 1.807) is 12.4 Å². The molecule has 4 heteroatoms. The standard InChI is InChI=1S/C28H42N2O2/c1-3-5-7-9-11-13-15-17-27(31)32-26-22-29-28(30-23-26)25-20-18-24(19-21-25)16-14-12-10-8-6-4-2/h18-23H,3-17H2,1-2H3. The van der Waals surface area contributed by atoms with Crippen LogP contribution in [0.15, 0.2) is 36.7 Å². The fraction of sp³-hybridized carbons (Fsp3) is 0.607. The normalized spacial score (nSPS) is 10.9. The number of unbranched alkanes of at least 4 members (excludes halogenated alkanes) is 11. The number of benzene rings is 1. The van der Waals surface area contributed by atoms with Crippen molar-refractivity contribution in [3.05, 3.63) is 42.2 Å². The third-order valence-corrected chi connectivity index (χ3v) is 5.88. The van der Waals surface area contributed by atoms with Crippen LogP contribution in [-0.2, 0) is 11.2 Å². The summed E-state index contributed by atoms with van der Waals surface area (Å²) in [5.74, 6) is 0.873. The van der Waals surface area contributed by atoms with Gasteiger partial charge in [0.2, 0.25) is 0 Å². The van der Waals surface area contributed by atoms with Crippen LogP contribution in [0.25, 0.3) is 11.4 Å². The van der Waals surface area contributed by atoms with Crippen LogP contribution in [-0.4, -0.2) is 15.9 Å². The third-order valence-electron chi connectivity index (χ3n) is 5.88. The van der Waals surface area contributed by atoms with Crippen LogP contribution in [0.3, 0.4) is 0 Å². The second-order valence-electron chi connectivity index (χ2n) is 8.80. The summed E-state index contributed by atoms with van der Waals surface area (Å²) in [7, 11) is 0. The highest BCUT2D eigenvalue weighted by Gasteiger charge is 2.07. The van der Waals surface area contributed by atoms with E-state index in [1.165, 1.54) is 76.2 Å². The third kappa shape index (κ3) is 10.9. The highest BCUT2D eigenvalue weighted by atomic mass is 16.5. The molecule has 32 heavy (non-hydrogen) atoms. The van der Waals surface area contributed by atoms with Gasteiger partial charge in [-0.2, -0.15) is 0 Å². The number of hydrogen-bond acceptors (Lipinski definition) is 4. The molecule has 2 aromatic rings. The maximum absolute atomic E-state index is 12.0. The average molecular weight is 439 g/mol. The molecule has 0 aliphatic rings. The fourth-order valence-corrected chi connectivity index (χ4v) is 3.86. The Kier molecular flexibility index (Phi) is 13.3. The Hall–Kier alpha value is -2.23. The van der Waals surface area contributed by atoms with E-state index in [4.69, 9.17) is 4.74 Å². The summed E-state index contributed by atoms with van der Waals surface area (Å²) < 4.78 is 5.38. The van der Waals surface area contributed by atoms with Crippen LogP contribution in [0.2, 0.25) is 0 Å². The first-order chi connectivity index (χ1) is 15.7. The van der Waals surface area contributed by atoms with Crippen LogP contribution in [0.1, 0.15) is 109 Å². The van der Waals surface area contributed by atoms with Crippen molar-refractivity contribution in [3.8, 4) is 17.1 Å². The highest BCUT2D eigenvalue weighted by molar-refractivity contribution is 5.72. The van der Waals surface area contributed by atoms with Crippen molar-refractivity contribution in [3.63, 3.8) is 0 Å². The Morgan fingerprint density at radius 1 is 0.719 bits per heavy atom. The predicted molar refractivity (Wildman–Crippen MR) is 133 cm³/mol. The Bertz CT molecular complexity index is 741. The zero-order valence-electron chi connectivity index (χ0n) is 20.3. The van der Waals surface area contributed by atoms with Crippen molar-refractivity contribution in [2.75, 3.05) is 0 Å². The minimum absolute atomic E-state index is 0.200. The number of aryl methyl sites for hydroxylation is 1. The molecule has 0 radical (unpaired) electrons. The smallest absolute Gasteiger partial charge is 0.311 e. The summed E-state index contributed by atoms with van der Waals surface area (Å²) in [5.41, 5.74) is 2.35. The molecule has 0 N–H and O–H groups in total. The molecule has 0 spiro atoms. The first-order valence-electron chi connectivity index (χ1n) is 12.8. The van der Waals surface area contributed by atoms with E-state index in [-0.39, 0.29) is 5.97 Å². The lowest BCUT2D eigenvalue weighted by molar-refractivity contribution is -0.134. The number of aromatic nitrogens is 2. The van der Waals surface area contributed by atoms with Crippen molar-refractivity contribution in [1.82, 2.24) is 9.97 Å². The number of nitrogens with zero attached hydrogens (tertiary/aromatic N) is 2. The summed E-state index contributed by atoms with van der Waals surface area (Å²) in [6.07, 6.45) is 21.0. The second-order valence-corrected chi connectivity index (χ2v) is 8.80. The maximum atomic E-state index is 12.0. The highest BCUT2D eigenvalue weighted by Crippen LogP contribution is 2.19. The van der Waals surface area contributed by atoms with E-state index in [2.05, 4.69) is 48.1 Å². The molecule has 0 unspecified atom stereocenters. The van der Waals surface area contributed by atoms with Crippen LogP contribution < -0.4 is 4.74 Å². The summed E-state index contributed by atoms with van der Waals surface area (Å²) in [5, 5.41) is 0. The van der Waals surface area contributed by atoms with Gasteiger partial charge in [0.1, 0.15) is 0 Å². The molecular formula is C28H42N2O2. The number of esters is 1. The van der Waals surface area contributed by atoms with Gasteiger partial charge in [-0.1, -0.05) is 109 Å². The fourth-order valence-electron chi connectivity index (χ4n) is 3.86. The van der Waals surface area contributed by atoms with Crippen molar-refractivity contribution in [2.24, 2.45) is 0 Å². The molecule has 4 nitrogen and oxygen atoms in total.